The van der Waals surface area contributed by atoms with E-state index in [9.17, 15) is 9.59 Å². The Morgan fingerprint density at radius 2 is 2.04 bits per heavy atom. The number of fused-ring (bicyclic) bond motifs is 3. The molecule has 1 aliphatic carbocycles. The van der Waals surface area contributed by atoms with E-state index in [-0.39, 0.29) is 16.8 Å². The molecule has 0 spiro atoms. The largest absolute Gasteiger partial charge is 0.355 e. The van der Waals surface area contributed by atoms with Gasteiger partial charge in [0.15, 0.2) is 11.6 Å². The Labute approximate surface area is 166 Å². The molecule has 0 unspecified atom stereocenters. The van der Waals surface area contributed by atoms with E-state index in [0.29, 0.717) is 11.3 Å². The molecule has 3 heterocycles. The van der Waals surface area contributed by atoms with Crippen molar-refractivity contribution in [1.82, 2.24) is 15.0 Å². The first-order valence-corrected chi connectivity index (χ1v) is 10.7. The monoisotopic (exact) mass is 399 g/mol. The summed E-state index contributed by atoms with van der Waals surface area (Å²) < 4.78 is 0. The number of aryl methyl sites for hydroxylation is 3. The predicted molar refractivity (Wildman–Crippen MR) is 109 cm³/mol. The van der Waals surface area contributed by atoms with Crippen molar-refractivity contribution in [1.29, 1.82) is 0 Å². The lowest BCUT2D eigenvalue weighted by molar-refractivity contribution is 0.0988. The van der Waals surface area contributed by atoms with Crippen LogP contribution >= 0.6 is 23.1 Å². The summed E-state index contributed by atoms with van der Waals surface area (Å²) in [5.41, 5.74) is 4.00. The third-order valence-corrected chi connectivity index (χ3v) is 7.46. The number of H-pyrrole nitrogens is 1. The van der Waals surface area contributed by atoms with Crippen LogP contribution in [0, 0.1) is 13.8 Å². The van der Waals surface area contributed by atoms with E-state index in [1.807, 2.05) is 20.8 Å². The van der Waals surface area contributed by atoms with Gasteiger partial charge < -0.3 is 4.98 Å². The highest BCUT2D eigenvalue weighted by molar-refractivity contribution is 8.00. The number of thioether (sulfide) groups is 1. The molecule has 0 aromatic carbocycles. The van der Waals surface area contributed by atoms with E-state index < -0.39 is 0 Å². The van der Waals surface area contributed by atoms with Crippen molar-refractivity contribution in [3.63, 3.8) is 0 Å². The molecule has 140 valence electrons. The number of ketones is 2. The summed E-state index contributed by atoms with van der Waals surface area (Å²) >= 11 is 3.23. The molecule has 1 atom stereocenters. The highest BCUT2D eigenvalue weighted by Crippen LogP contribution is 2.41. The summed E-state index contributed by atoms with van der Waals surface area (Å²) in [4.78, 5) is 39.4. The van der Waals surface area contributed by atoms with Crippen molar-refractivity contribution in [3.8, 4) is 0 Å². The second-order valence-electron chi connectivity index (χ2n) is 7.02. The van der Waals surface area contributed by atoms with Gasteiger partial charge in [0, 0.05) is 21.5 Å². The number of nitrogens with zero attached hydrogens (tertiary/aromatic N) is 2. The zero-order chi connectivity index (χ0) is 19.3. The molecule has 27 heavy (non-hydrogen) atoms. The number of thiophene rings is 1. The molecule has 1 aliphatic rings. The first kappa shape index (κ1) is 18.4. The number of aromatic nitrogens is 3. The number of aromatic amines is 1. The molecule has 0 aliphatic heterocycles. The molecule has 0 saturated carbocycles. The number of Topliss-reactive ketones (excluding diaryl/α,β-unsaturated/α-hetero) is 2. The fourth-order valence-electron chi connectivity index (χ4n) is 3.94. The van der Waals surface area contributed by atoms with Crippen molar-refractivity contribution in [3.05, 3.63) is 39.3 Å². The van der Waals surface area contributed by atoms with Crippen LogP contribution in [0.3, 0.4) is 0 Å². The second-order valence-corrected chi connectivity index (χ2v) is 9.43. The van der Waals surface area contributed by atoms with Gasteiger partial charge in [-0.3, -0.25) is 9.59 Å². The minimum absolute atomic E-state index is 0.00765. The molecule has 5 nitrogen and oxygen atoms in total. The third kappa shape index (κ3) is 3.02. The summed E-state index contributed by atoms with van der Waals surface area (Å²) in [7, 11) is 0. The normalized spacial score (nSPS) is 14.5. The SMILES string of the molecule is CC(=O)c1c(C)[nH]c(C(=O)[C@H](C)Sc2ncnc3sc4c(c23)CCC4)c1C. The molecule has 0 bridgehead atoms. The number of carbonyl (C=O) groups excluding carboxylic acids is 2. The standard InChI is InChI=1S/C20H21N3O2S2/c1-9-15(11(3)24)10(2)23-17(9)18(25)12(4)26-19-16-13-6-5-7-14(13)27-20(16)22-8-21-19/h8,12,23H,5-7H2,1-4H3/t12-/m0/s1. The van der Waals surface area contributed by atoms with Gasteiger partial charge in [-0.15, -0.1) is 11.3 Å². The fraction of sp³-hybridized carbons (Fsp3) is 0.400. The quantitative estimate of drug-likeness (QED) is 0.383. The highest BCUT2D eigenvalue weighted by Gasteiger charge is 2.27. The molecule has 0 saturated heterocycles. The minimum Gasteiger partial charge on any atom is -0.355 e. The molecule has 0 amide bonds. The lowest BCUT2D eigenvalue weighted by Crippen LogP contribution is -2.15. The van der Waals surface area contributed by atoms with Gasteiger partial charge in [0.1, 0.15) is 16.2 Å². The Hall–Kier alpha value is -1.99. The lowest BCUT2D eigenvalue weighted by atomic mass is 10.0. The van der Waals surface area contributed by atoms with Crippen LogP contribution in [-0.2, 0) is 12.8 Å². The Bertz CT molecular complexity index is 1080. The maximum absolute atomic E-state index is 13.1. The molecule has 1 N–H and O–H groups in total. The molecule has 4 rings (SSSR count). The van der Waals surface area contributed by atoms with Crippen LogP contribution in [0.15, 0.2) is 11.4 Å². The van der Waals surface area contributed by atoms with E-state index in [4.69, 9.17) is 0 Å². The van der Waals surface area contributed by atoms with E-state index in [1.54, 1.807) is 17.7 Å². The fourth-order valence-corrected chi connectivity index (χ4v) is 6.24. The number of nitrogens with one attached hydrogen (secondary N) is 1. The first-order chi connectivity index (χ1) is 12.9. The van der Waals surface area contributed by atoms with Gasteiger partial charge >= 0.3 is 0 Å². The molecule has 3 aromatic heterocycles. The maximum atomic E-state index is 13.1. The van der Waals surface area contributed by atoms with Gasteiger partial charge in [0.25, 0.3) is 0 Å². The molecule has 3 aromatic rings. The van der Waals surface area contributed by atoms with Crippen LogP contribution < -0.4 is 0 Å². The van der Waals surface area contributed by atoms with Crippen molar-refractivity contribution in [2.75, 3.05) is 0 Å². The smallest absolute Gasteiger partial charge is 0.192 e. The van der Waals surface area contributed by atoms with Gasteiger partial charge in [-0.25, -0.2) is 9.97 Å². The molecule has 0 radical (unpaired) electrons. The van der Waals surface area contributed by atoms with E-state index in [1.165, 1.54) is 35.5 Å². The Kier molecular flexibility index (Phi) is 4.68. The molecular formula is C20H21N3O2S2. The molecule has 0 fully saturated rings. The lowest BCUT2D eigenvalue weighted by Gasteiger charge is -2.11. The Morgan fingerprint density at radius 1 is 1.26 bits per heavy atom. The third-order valence-electron chi connectivity index (χ3n) is 5.16. The number of hydrogen-bond acceptors (Lipinski definition) is 6. The van der Waals surface area contributed by atoms with Gasteiger partial charge in [-0.2, -0.15) is 0 Å². The van der Waals surface area contributed by atoms with Crippen LogP contribution in [0.2, 0.25) is 0 Å². The average molecular weight is 400 g/mol. The number of hydrogen-bond donors (Lipinski definition) is 1. The van der Waals surface area contributed by atoms with Gasteiger partial charge in [-0.1, -0.05) is 11.8 Å². The zero-order valence-corrected chi connectivity index (χ0v) is 17.4. The Morgan fingerprint density at radius 3 is 2.74 bits per heavy atom. The minimum atomic E-state index is -0.309. The van der Waals surface area contributed by atoms with Crippen LogP contribution in [0.5, 0.6) is 0 Å². The zero-order valence-electron chi connectivity index (χ0n) is 15.8. The van der Waals surface area contributed by atoms with Gasteiger partial charge in [0.05, 0.1) is 10.9 Å². The van der Waals surface area contributed by atoms with Crippen LogP contribution in [0.25, 0.3) is 10.2 Å². The molecule has 7 heteroatoms. The van der Waals surface area contributed by atoms with E-state index >= 15 is 0 Å². The topological polar surface area (TPSA) is 75.7 Å². The van der Waals surface area contributed by atoms with E-state index in [2.05, 4.69) is 15.0 Å². The maximum Gasteiger partial charge on any atom is 0.192 e. The van der Waals surface area contributed by atoms with Gasteiger partial charge in [0.2, 0.25) is 0 Å². The van der Waals surface area contributed by atoms with Crippen molar-refractivity contribution in [2.24, 2.45) is 0 Å². The number of carbonyl (C=O) groups is 2. The first-order valence-electron chi connectivity index (χ1n) is 9.04. The van der Waals surface area contributed by atoms with Crippen molar-refractivity contribution in [2.45, 2.75) is 57.2 Å². The summed E-state index contributed by atoms with van der Waals surface area (Å²) in [5.74, 6) is -0.0290. The second kappa shape index (κ2) is 6.87. The average Bonchev–Trinajstić information content (AvgIpc) is 3.27. The van der Waals surface area contributed by atoms with Crippen LogP contribution in [-0.4, -0.2) is 31.8 Å². The van der Waals surface area contributed by atoms with Crippen molar-refractivity contribution >= 4 is 44.9 Å². The summed E-state index contributed by atoms with van der Waals surface area (Å²) in [5, 5.41) is 1.70. The van der Waals surface area contributed by atoms with Crippen LogP contribution in [0.1, 0.15) is 62.8 Å². The van der Waals surface area contributed by atoms with E-state index in [0.717, 1.165) is 39.3 Å². The predicted octanol–water partition coefficient (Wildman–Crippen LogP) is 4.69. The summed E-state index contributed by atoms with van der Waals surface area (Å²) in [6.45, 7) is 7.10. The van der Waals surface area contributed by atoms with Crippen molar-refractivity contribution < 1.29 is 9.59 Å². The number of rotatable bonds is 5. The van der Waals surface area contributed by atoms with Gasteiger partial charge in [-0.05, 0) is 58.1 Å². The highest BCUT2D eigenvalue weighted by atomic mass is 32.2. The van der Waals surface area contributed by atoms with Crippen LogP contribution in [0.4, 0.5) is 0 Å². The summed E-state index contributed by atoms with van der Waals surface area (Å²) in [6, 6.07) is 0. The molecular weight excluding hydrogens is 378 g/mol. The summed E-state index contributed by atoms with van der Waals surface area (Å²) in [6.07, 6.45) is 4.95. The Balaban J connectivity index is 1.66.